The molecule has 1 nitrogen and oxygen atoms in total. The maximum absolute atomic E-state index is 2.30. The largest absolute Gasteiger partial charge is 0.305 e. The Morgan fingerprint density at radius 1 is 0.458 bits per heavy atom. The zero-order chi connectivity index (χ0) is 17.7. The van der Waals surface area contributed by atoms with Crippen LogP contribution in [0, 0.1) is 6.54 Å². The van der Waals surface area contributed by atoms with Gasteiger partial charge in [0, 0.05) is 6.54 Å². The van der Waals surface area contributed by atoms with Gasteiger partial charge < -0.3 is 4.90 Å². The topological polar surface area (TPSA) is 3.24 Å². The third-order valence-corrected chi connectivity index (χ3v) is 5.05. The summed E-state index contributed by atoms with van der Waals surface area (Å²) in [5.74, 6) is 0. The number of hydrogen-bond acceptors (Lipinski definition) is 1. The fourth-order valence-electron chi connectivity index (χ4n) is 3.40. The van der Waals surface area contributed by atoms with Crippen LogP contribution in [0.3, 0.4) is 0 Å². The highest BCUT2D eigenvalue weighted by molar-refractivity contribution is 4.60. The van der Waals surface area contributed by atoms with Gasteiger partial charge in [-0.1, -0.05) is 122 Å². The van der Waals surface area contributed by atoms with E-state index in [1.54, 1.807) is 0 Å². The third-order valence-electron chi connectivity index (χ3n) is 5.05. The van der Waals surface area contributed by atoms with Gasteiger partial charge >= 0.3 is 0 Å². The number of unbranched alkanes of at least 4 members (excludes halogenated alkanes) is 18. The van der Waals surface area contributed by atoms with Crippen LogP contribution in [0.25, 0.3) is 0 Å². The Hall–Kier alpha value is -0.0400. The molecule has 0 aliphatic carbocycles. The van der Waals surface area contributed by atoms with Gasteiger partial charge in [0.1, 0.15) is 0 Å². The molecule has 0 aromatic carbocycles. The van der Waals surface area contributed by atoms with Gasteiger partial charge in [0.2, 0.25) is 0 Å². The number of nitrogens with zero attached hydrogens (tertiary/aromatic N) is 1. The van der Waals surface area contributed by atoms with Crippen LogP contribution in [0.1, 0.15) is 129 Å². The van der Waals surface area contributed by atoms with E-state index in [0.717, 1.165) is 0 Å². The standard InChI is InChI=1S/C23H48N/c1-4-5-6-7-8-9-10-11-12-13-14-15-16-17-18-19-20-21-22-23-24(2)3/h23H,4-22H2,1-3H3. The highest BCUT2D eigenvalue weighted by Crippen LogP contribution is 2.14. The molecule has 0 amide bonds. The van der Waals surface area contributed by atoms with E-state index in [1.807, 2.05) is 0 Å². The average Bonchev–Trinajstić information content (AvgIpc) is 2.56. The molecule has 0 saturated carbocycles. The van der Waals surface area contributed by atoms with Gasteiger partial charge in [-0.25, -0.2) is 0 Å². The quantitative estimate of drug-likeness (QED) is 0.202. The molecule has 24 heavy (non-hydrogen) atoms. The molecule has 0 aliphatic rings. The molecule has 0 N–H and O–H groups in total. The first kappa shape index (κ1) is 24.0. The van der Waals surface area contributed by atoms with Crippen LogP contribution in [0.5, 0.6) is 0 Å². The molecule has 1 radical (unpaired) electrons. The number of hydrogen-bond donors (Lipinski definition) is 0. The SMILES string of the molecule is CCCCCCCCCCCCCCCCCCCC[CH]N(C)C. The van der Waals surface area contributed by atoms with E-state index in [1.165, 1.54) is 122 Å². The predicted octanol–water partition coefficient (Wildman–Crippen LogP) is 8.14. The van der Waals surface area contributed by atoms with Crippen molar-refractivity contribution < 1.29 is 0 Å². The summed E-state index contributed by atoms with van der Waals surface area (Å²) < 4.78 is 0. The van der Waals surface area contributed by atoms with Gasteiger partial charge in [-0.15, -0.1) is 0 Å². The van der Waals surface area contributed by atoms with Crippen LogP contribution in [-0.2, 0) is 0 Å². The maximum atomic E-state index is 2.30. The van der Waals surface area contributed by atoms with Crippen molar-refractivity contribution in [2.75, 3.05) is 14.1 Å². The Morgan fingerprint density at radius 3 is 1.04 bits per heavy atom. The van der Waals surface area contributed by atoms with Gasteiger partial charge in [-0.2, -0.15) is 0 Å². The summed E-state index contributed by atoms with van der Waals surface area (Å²) in [6.07, 6.45) is 27.5. The monoisotopic (exact) mass is 338 g/mol. The Kier molecular flexibility index (Phi) is 21.0. The fourth-order valence-corrected chi connectivity index (χ4v) is 3.40. The minimum Gasteiger partial charge on any atom is -0.305 e. The van der Waals surface area contributed by atoms with Crippen molar-refractivity contribution in [3.05, 3.63) is 6.54 Å². The van der Waals surface area contributed by atoms with Crippen molar-refractivity contribution in [2.24, 2.45) is 0 Å². The van der Waals surface area contributed by atoms with E-state index in [2.05, 4.69) is 32.5 Å². The molecule has 0 aliphatic heterocycles. The zero-order valence-corrected chi connectivity index (χ0v) is 17.5. The summed E-state index contributed by atoms with van der Waals surface area (Å²) in [5, 5.41) is 0. The average molecular weight is 339 g/mol. The van der Waals surface area contributed by atoms with E-state index in [4.69, 9.17) is 0 Å². The second-order valence-corrected chi connectivity index (χ2v) is 7.95. The Morgan fingerprint density at radius 2 is 0.750 bits per heavy atom. The first-order valence-electron chi connectivity index (χ1n) is 11.3. The normalized spacial score (nSPS) is 11.5. The molecule has 0 spiro atoms. The van der Waals surface area contributed by atoms with Crippen molar-refractivity contribution >= 4 is 0 Å². The first-order chi connectivity index (χ1) is 11.8. The van der Waals surface area contributed by atoms with Crippen LogP contribution >= 0.6 is 0 Å². The van der Waals surface area contributed by atoms with Gasteiger partial charge in [-0.3, -0.25) is 0 Å². The summed E-state index contributed by atoms with van der Waals surface area (Å²) in [6.45, 7) is 4.60. The lowest BCUT2D eigenvalue weighted by Crippen LogP contribution is -2.06. The lowest BCUT2D eigenvalue weighted by molar-refractivity contribution is 0.460. The van der Waals surface area contributed by atoms with E-state index in [9.17, 15) is 0 Å². The van der Waals surface area contributed by atoms with Crippen molar-refractivity contribution in [3.63, 3.8) is 0 Å². The molecule has 0 heterocycles. The second kappa shape index (κ2) is 21.0. The Labute approximate surface area is 155 Å². The van der Waals surface area contributed by atoms with Crippen molar-refractivity contribution in [3.8, 4) is 0 Å². The van der Waals surface area contributed by atoms with Gasteiger partial charge in [0.05, 0.1) is 0 Å². The van der Waals surface area contributed by atoms with Gasteiger partial charge in [0.25, 0.3) is 0 Å². The van der Waals surface area contributed by atoms with Crippen LogP contribution in [0.15, 0.2) is 0 Å². The minimum absolute atomic E-state index is 1.26. The van der Waals surface area contributed by atoms with Crippen LogP contribution in [0.4, 0.5) is 0 Å². The van der Waals surface area contributed by atoms with E-state index < -0.39 is 0 Å². The molecule has 0 fully saturated rings. The van der Waals surface area contributed by atoms with E-state index in [0.29, 0.717) is 0 Å². The molecule has 1 heteroatoms. The lowest BCUT2D eigenvalue weighted by Gasteiger charge is -2.07. The third kappa shape index (κ3) is 22.0. The van der Waals surface area contributed by atoms with Crippen LogP contribution < -0.4 is 0 Å². The smallest absolute Gasteiger partial charge is 0.0245 e. The molecular weight excluding hydrogens is 290 g/mol. The predicted molar refractivity (Wildman–Crippen MR) is 111 cm³/mol. The molecule has 0 saturated heterocycles. The molecule has 0 rings (SSSR count). The Balaban J connectivity index is 2.95. The molecule has 0 atom stereocenters. The van der Waals surface area contributed by atoms with E-state index in [-0.39, 0.29) is 0 Å². The second-order valence-electron chi connectivity index (χ2n) is 7.95. The zero-order valence-electron chi connectivity index (χ0n) is 17.5. The summed E-state index contributed by atoms with van der Waals surface area (Å²) in [7, 11) is 4.24. The number of rotatable bonds is 20. The molecule has 0 aromatic heterocycles. The van der Waals surface area contributed by atoms with Gasteiger partial charge in [0.15, 0.2) is 0 Å². The molecule has 145 valence electrons. The van der Waals surface area contributed by atoms with E-state index >= 15 is 0 Å². The summed E-state index contributed by atoms with van der Waals surface area (Å²) in [4.78, 5) is 2.17. The Bertz CT molecular complexity index is 212. The van der Waals surface area contributed by atoms with Crippen molar-refractivity contribution in [2.45, 2.75) is 129 Å². The summed E-state index contributed by atoms with van der Waals surface area (Å²) >= 11 is 0. The molecule has 0 unspecified atom stereocenters. The maximum Gasteiger partial charge on any atom is 0.0245 e. The molecule has 0 bridgehead atoms. The molecular formula is C23H48N. The van der Waals surface area contributed by atoms with Crippen molar-refractivity contribution in [1.29, 1.82) is 0 Å². The van der Waals surface area contributed by atoms with Crippen LogP contribution in [0.2, 0.25) is 0 Å². The molecule has 0 aromatic rings. The highest BCUT2D eigenvalue weighted by atomic mass is 15.0. The lowest BCUT2D eigenvalue weighted by atomic mass is 10.0. The highest BCUT2D eigenvalue weighted by Gasteiger charge is 1.95. The first-order valence-corrected chi connectivity index (χ1v) is 11.3. The summed E-state index contributed by atoms with van der Waals surface area (Å²) in [6, 6.07) is 0. The minimum atomic E-state index is 1.26. The van der Waals surface area contributed by atoms with Gasteiger partial charge in [-0.05, 0) is 20.5 Å². The fraction of sp³-hybridized carbons (Fsp3) is 0.957. The van der Waals surface area contributed by atoms with Crippen LogP contribution in [-0.4, -0.2) is 19.0 Å². The summed E-state index contributed by atoms with van der Waals surface area (Å²) in [5.41, 5.74) is 0. The van der Waals surface area contributed by atoms with Crippen molar-refractivity contribution in [1.82, 2.24) is 4.90 Å².